The summed E-state index contributed by atoms with van der Waals surface area (Å²) in [6.45, 7) is 4.77. The molecule has 0 amide bonds. The van der Waals surface area contributed by atoms with Crippen molar-refractivity contribution < 1.29 is 80.2 Å². The Morgan fingerprint density at radius 2 is 0.531 bits per heavy atom. The summed E-state index contributed by atoms with van der Waals surface area (Å²) in [4.78, 5) is 72.9. The van der Waals surface area contributed by atoms with Crippen LogP contribution in [0.3, 0.4) is 0 Å². The van der Waals surface area contributed by atoms with Crippen LogP contribution in [0.15, 0.2) is 60.8 Å². The van der Waals surface area contributed by atoms with Crippen molar-refractivity contribution in [1.29, 1.82) is 0 Å². The van der Waals surface area contributed by atoms with Crippen molar-refractivity contribution in [3.63, 3.8) is 0 Å². The van der Waals surface area contributed by atoms with Crippen molar-refractivity contribution in [2.75, 3.05) is 39.6 Å². The molecule has 0 aliphatic carbocycles. The number of ether oxygens (including phenoxy) is 4. The molecule has 0 saturated carbocycles. The summed E-state index contributed by atoms with van der Waals surface area (Å²) in [6.07, 6.45) is 70.6. The molecule has 0 heterocycles. The van der Waals surface area contributed by atoms with Crippen molar-refractivity contribution in [2.45, 2.75) is 380 Å². The molecule has 572 valence electrons. The smallest absolute Gasteiger partial charge is 0.462 e. The molecule has 5 unspecified atom stereocenters. The summed E-state index contributed by atoms with van der Waals surface area (Å²) in [7, 11) is -9.94. The van der Waals surface area contributed by atoms with Crippen molar-refractivity contribution in [2.24, 2.45) is 0 Å². The predicted molar refractivity (Wildman–Crippen MR) is 400 cm³/mol. The zero-order valence-corrected chi connectivity index (χ0v) is 64.3. The second kappa shape index (κ2) is 72.1. The molecule has 0 aliphatic heterocycles. The van der Waals surface area contributed by atoms with Crippen molar-refractivity contribution in [1.82, 2.24) is 0 Å². The van der Waals surface area contributed by atoms with E-state index in [1.54, 1.807) is 0 Å². The SMILES string of the molecule is CC/C=C\C/C=C\C/C=C\C/C=C\C/C=C\CCCC(=O)OCC(COP(=O)(O)OCC(O)COP(=O)(O)OCC(COC(=O)CCCCCCCCCCCCCCCCC)OC(=O)CCCCCCCCCCCCCCC)OC(=O)CCCCCCCCCCCCCCC. The molecule has 0 fully saturated rings. The van der Waals surface area contributed by atoms with Crippen LogP contribution in [0.5, 0.6) is 0 Å². The average Bonchev–Trinajstić information content (AvgIpc) is 0.969. The van der Waals surface area contributed by atoms with Gasteiger partial charge in [-0.3, -0.25) is 37.3 Å². The maximum Gasteiger partial charge on any atom is 0.472 e. The van der Waals surface area contributed by atoms with Crippen LogP contribution in [0.2, 0.25) is 0 Å². The van der Waals surface area contributed by atoms with Gasteiger partial charge in [0.2, 0.25) is 0 Å². The van der Waals surface area contributed by atoms with Gasteiger partial charge in [0.1, 0.15) is 19.3 Å². The Labute approximate surface area is 597 Å². The van der Waals surface area contributed by atoms with Gasteiger partial charge in [-0.05, 0) is 64.2 Å². The number of hydrogen-bond acceptors (Lipinski definition) is 15. The third-order valence-corrected chi connectivity index (χ3v) is 18.9. The maximum absolute atomic E-state index is 13.1. The lowest BCUT2D eigenvalue weighted by Crippen LogP contribution is -2.30. The summed E-state index contributed by atoms with van der Waals surface area (Å²) in [5.74, 6) is -2.20. The van der Waals surface area contributed by atoms with E-state index in [0.717, 1.165) is 103 Å². The van der Waals surface area contributed by atoms with Gasteiger partial charge in [0.05, 0.1) is 26.4 Å². The normalized spacial score (nSPS) is 14.2. The van der Waals surface area contributed by atoms with E-state index in [2.05, 4.69) is 76.3 Å². The number of esters is 4. The Morgan fingerprint density at radius 3 is 0.816 bits per heavy atom. The van der Waals surface area contributed by atoms with Gasteiger partial charge < -0.3 is 33.8 Å². The fraction of sp³-hybridized carbons (Fsp3) is 0.823. The molecule has 0 rings (SSSR count). The number of aliphatic hydroxyl groups excluding tert-OH is 1. The number of carbonyl (C=O) groups is 4. The highest BCUT2D eigenvalue weighted by molar-refractivity contribution is 7.47. The molecule has 0 saturated heterocycles. The molecular weight excluding hydrogens is 1280 g/mol. The lowest BCUT2D eigenvalue weighted by atomic mass is 10.0. The first kappa shape index (κ1) is 94.8. The second-order valence-corrected chi connectivity index (χ2v) is 29.6. The molecule has 0 aromatic carbocycles. The van der Waals surface area contributed by atoms with Crippen LogP contribution >= 0.6 is 15.6 Å². The molecule has 0 aromatic heterocycles. The van der Waals surface area contributed by atoms with Gasteiger partial charge in [-0.1, -0.05) is 332 Å². The maximum atomic E-state index is 13.1. The largest absolute Gasteiger partial charge is 0.472 e. The van der Waals surface area contributed by atoms with Gasteiger partial charge in [-0.2, -0.15) is 0 Å². The Balaban J connectivity index is 5.34. The van der Waals surface area contributed by atoms with Crippen LogP contribution < -0.4 is 0 Å². The van der Waals surface area contributed by atoms with Crippen molar-refractivity contribution in [3.05, 3.63) is 60.8 Å². The number of rotatable bonds is 75. The molecule has 3 N–H and O–H groups in total. The Bertz CT molecular complexity index is 2100. The van der Waals surface area contributed by atoms with Gasteiger partial charge in [-0.25, -0.2) is 9.13 Å². The minimum absolute atomic E-state index is 0.0881. The van der Waals surface area contributed by atoms with E-state index in [-0.39, 0.29) is 25.7 Å². The molecule has 0 aliphatic rings. The third kappa shape index (κ3) is 71.2. The molecule has 0 aromatic rings. The van der Waals surface area contributed by atoms with Crippen LogP contribution in [-0.2, 0) is 65.4 Å². The monoisotopic (exact) mass is 1430 g/mol. The first-order valence-electron chi connectivity index (χ1n) is 39.5. The van der Waals surface area contributed by atoms with E-state index >= 15 is 0 Å². The van der Waals surface area contributed by atoms with Gasteiger partial charge in [0.15, 0.2) is 12.2 Å². The second-order valence-electron chi connectivity index (χ2n) is 26.6. The molecular formula is C79H144O17P2. The van der Waals surface area contributed by atoms with Gasteiger partial charge in [0.25, 0.3) is 0 Å². The van der Waals surface area contributed by atoms with Crippen molar-refractivity contribution >= 4 is 39.5 Å². The van der Waals surface area contributed by atoms with Crippen LogP contribution in [0.4, 0.5) is 0 Å². The zero-order valence-electron chi connectivity index (χ0n) is 62.5. The van der Waals surface area contributed by atoms with Crippen LogP contribution in [0.25, 0.3) is 0 Å². The number of aliphatic hydroxyl groups is 1. The van der Waals surface area contributed by atoms with E-state index < -0.39 is 97.5 Å². The zero-order chi connectivity index (χ0) is 71.8. The Hall–Kier alpha value is -3.24. The molecule has 0 bridgehead atoms. The highest BCUT2D eigenvalue weighted by Crippen LogP contribution is 2.45. The average molecular weight is 1430 g/mol. The summed E-state index contributed by atoms with van der Waals surface area (Å²) < 4.78 is 68.5. The van der Waals surface area contributed by atoms with Crippen molar-refractivity contribution in [3.8, 4) is 0 Å². The van der Waals surface area contributed by atoms with Crippen LogP contribution in [0.1, 0.15) is 362 Å². The van der Waals surface area contributed by atoms with E-state index in [4.69, 9.17) is 37.0 Å². The lowest BCUT2D eigenvalue weighted by Gasteiger charge is -2.21. The summed E-state index contributed by atoms with van der Waals surface area (Å²) in [5.41, 5.74) is 0. The van der Waals surface area contributed by atoms with Gasteiger partial charge in [0, 0.05) is 25.7 Å². The fourth-order valence-electron chi connectivity index (χ4n) is 11.0. The van der Waals surface area contributed by atoms with Crippen LogP contribution in [0, 0.1) is 0 Å². The molecule has 5 atom stereocenters. The number of allylic oxidation sites excluding steroid dienone is 10. The molecule has 0 spiro atoms. The number of carbonyl (C=O) groups excluding carboxylic acids is 4. The van der Waals surface area contributed by atoms with Gasteiger partial charge >= 0.3 is 39.5 Å². The number of phosphoric ester groups is 2. The minimum Gasteiger partial charge on any atom is -0.462 e. The summed E-state index contributed by atoms with van der Waals surface area (Å²) in [6, 6.07) is 0. The summed E-state index contributed by atoms with van der Waals surface area (Å²) >= 11 is 0. The standard InChI is InChI=1S/C79H144O17P2/c1-5-9-13-17-21-25-29-33-35-36-38-42-44-48-52-56-60-64-77(82)90-70-75(96-79(84)66-62-58-54-50-46-40-32-28-24-20-16-12-8-4)72-94-98(87,88)92-68-73(80)67-91-97(85,86)93-71-74(95-78(83)65-61-57-53-49-45-39-31-27-23-19-15-11-7-3)69-89-76(81)63-59-55-51-47-43-41-37-34-30-26-22-18-14-10-6-2/h9,13,21,25,33,35,38,42,48,52,73-75,80H,5-8,10-12,14-20,22-24,26-32,34,36-37,39-41,43-47,49-51,53-72H2,1-4H3,(H,85,86)(H,87,88)/b13-9-,25-21-,35-33-,42-38-,52-48-. The van der Waals surface area contributed by atoms with E-state index in [9.17, 15) is 43.2 Å². The number of hydrogen-bond donors (Lipinski definition) is 3. The fourth-order valence-corrected chi connectivity index (χ4v) is 12.6. The van der Waals surface area contributed by atoms with E-state index in [1.165, 1.54) is 173 Å². The number of phosphoric acid groups is 2. The molecule has 98 heavy (non-hydrogen) atoms. The summed E-state index contributed by atoms with van der Waals surface area (Å²) in [5, 5.41) is 10.6. The van der Waals surface area contributed by atoms with E-state index in [1.807, 2.05) is 12.2 Å². The first-order chi connectivity index (χ1) is 47.7. The first-order valence-corrected chi connectivity index (χ1v) is 42.5. The minimum atomic E-state index is -4.98. The molecule has 17 nitrogen and oxygen atoms in total. The lowest BCUT2D eigenvalue weighted by molar-refractivity contribution is -0.161. The number of unbranched alkanes of at least 4 members (excludes halogenated alkanes) is 39. The topological polar surface area (TPSA) is 237 Å². The highest BCUT2D eigenvalue weighted by atomic mass is 31.2. The van der Waals surface area contributed by atoms with E-state index in [0.29, 0.717) is 32.1 Å². The molecule has 19 heteroatoms. The quantitative estimate of drug-likeness (QED) is 0.0169. The Morgan fingerprint density at radius 1 is 0.296 bits per heavy atom. The Kier molecular flexibility index (Phi) is 69.7. The van der Waals surface area contributed by atoms with Crippen LogP contribution in [-0.4, -0.2) is 96.7 Å². The third-order valence-electron chi connectivity index (χ3n) is 17.0. The van der Waals surface area contributed by atoms with Gasteiger partial charge in [-0.15, -0.1) is 0 Å². The molecule has 0 radical (unpaired) electrons. The highest BCUT2D eigenvalue weighted by Gasteiger charge is 2.30. The predicted octanol–water partition coefficient (Wildman–Crippen LogP) is 22.7.